The Balaban J connectivity index is 2.43. The molecule has 5 nitrogen and oxygen atoms in total. The molecule has 0 aliphatic carbocycles. The maximum atomic E-state index is 12.4. The lowest BCUT2D eigenvalue weighted by atomic mass is 10.2. The molecule has 0 aliphatic heterocycles. The highest BCUT2D eigenvalue weighted by Gasteiger charge is 2.19. The van der Waals surface area contributed by atoms with Crippen molar-refractivity contribution in [2.75, 3.05) is 4.72 Å². The van der Waals surface area contributed by atoms with Gasteiger partial charge in [0.05, 0.1) is 4.90 Å². The Morgan fingerprint density at radius 2 is 1.95 bits per heavy atom. The molecule has 1 aromatic carbocycles. The summed E-state index contributed by atoms with van der Waals surface area (Å²) in [7, 11) is -1.94. The van der Waals surface area contributed by atoms with Gasteiger partial charge in [0, 0.05) is 13.1 Å². The summed E-state index contributed by atoms with van der Waals surface area (Å²) in [6, 6.07) is 6.95. The number of aryl methyl sites for hydroxylation is 3. The van der Waals surface area contributed by atoms with Gasteiger partial charge in [-0.05, 0) is 47.0 Å². The number of hydrogen-bond acceptors (Lipinski definition) is 3. The molecular formula is C12H14BrN3O2S. The predicted octanol–water partition coefficient (Wildman–Crippen LogP) is 2.60. The predicted molar refractivity (Wildman–Crippen MR) is 77.6 cm³/mol. The van der Waals surface area contributed by atoms with E-state index in [1.165, 1.54) is 4.68 Å². The zero-order valence-electron chi connectivity index (χ0n) is 10.8. The second kappa shape index (κ2) is 4.97. The third-order valence-corrected chi connectivity index (χ3v) is 4.61. The van der Waals surface area contributed by atoms with E-state index < -0.39 is 10.0 Å². The SMILES string of the molecule is Cc1ccc(C)c(S(=O)(=O)Nc2cc(Br)nn2C)c1. The van der Waals surface area contributed by atoms with Crippen LogP contribution in [0.5, 0.6) is 0 Å². The van der Waals surface area contributed by atoms with Gasteiger partial charge in [-0.15, -0.1) is 0 Å². The lowest BCUT2D eigenvalue weighted by Gasteiger charge is -2.10. The Morgan fingerprint density at radius 3 is 2.53 bits per heavy atom. The van der Waals surface area contributed by atoms with E-state index in [1.807, 2.05) is 13.0 Å². The van der Waals surface area contributed by atoms with Gasteiger partial charge >= 0.3 is 0 Å². The lowest BCUT2D eigenvalue weighted by molar-refractivity contribution is 0.599. The van der Waals surface area contributed by atoms with Crippen LogP contribution in [-0.4, -0.2) is 18.2 Å². The van der Waals surface area contributed by atoms with Crippen molar-refractivity contribution in [2.24, 2.45) is 7.05 Å². The first-order chi connectivity index (χ1) is 8.79. The minimum absolute atomic E-state index is 0.282. The van der Waals surface area contributed by atoms with Crippen LogP contribution in [0.25, 0.3) is 0 Å². The fourth-order valence-corrected chi connectivity index (χ4v) is 3.58. The van der Waals surface area contributed by atoms with E-state index in [2.05, 4.69) is 25.8 Å². The van der Waals surface area contributed by atoms with E-state index in [4.69, 9.17) is 0 Å². The van der Waals surface area contributed by atoms with Crippen LogP contribution < -0.4 is 4.72 Å². The fraction of sp³-hybridized carbons (Fsp3) is 0.250. The van der Waals surface area contributed by atoms with E-state index in [0.717, 1.165) is 5.56 Å². The van der Waals surface area contributed by atoms with Gasteiger partial charge in [0.15, 0.2) is 0 Å². The molecule has 0 saturated carbocycles. The minimum Gasteiger partial charge on any atom is -0.264 e. The first-order valence-corrected chi connectivity index (χ1v) is 7.87. The van der Waals surface area contributed by atoms with E-state index in [0.29, 0.717) is 16.0 Å². The van der Waals surface area contributed by atoms with Gasteiger partial charge in [0.2, 0.25) is 0 Å². The first-order valence-electron chi connectivity index (χ1n) is 5.59. The molecular weight excluding hydrogens is 330 g/mol. The zero-order valence-corrected chi connectivity index (χ0v) is 13.2. The first kappa shape index (κ1) is 14.1. The van der Waals surface area contributed by atoms with Gasteiger partial charge in [-0.1, -0.05) is 12.1 Å². The van der Waals surface area contributed by atoms with Gasteiger partial charge in [0.1, 0.15) is 10.4 Å². The molecule has 2 rings (SSSR count). The largest absolute Gasteiger partial charge is 0.264 e. The third kappa shape index (κ3) is 2.98. The van der Waals surface area contributed by atoms with Crippen molar-refractivity contribution >= 4 is 31.8 Å². The van der Waals surface area contributed by atoms with Crippen LogP contribution in [0, 0.1) is 13.8 Å². The maximum absolute atomic E-state index is 12.4. The molecule has 19 heavy (non-hydrogen) atoms. The smallest absolute Gasteiger partial charge is 0.263 e. The number of nitrogens with zero attached hydrogens (tertiary/aromatic N) is 2. The second-order valence-electron chi connectivity index (χ2n) is 4.35. The third-order valence-electron chi connectivity index (χ3n) is 2.72. The van der Waals surface area contributed by atoms with Crippen LogP contribution in [-0.2, 0) is 17.1 Å². The highest BCUT2D eigenvalue weighted by molar-refractivity contribution is 9.10. The number of rotatable bonds is 3. The van der Waals surface area contributed by atoms with Crippen LogP contribution in [0.4, 0.5) is 5.82 Å². The van der Waals surface area contributed by atoms with Gasteiger partial charge < -0.3 is 0 Å². The van der Waals surface area contributed by atoms with Gasteiger partial charge in [0.25, 0.3) is 10.0 Å². The molecule has 7 heteroatoms. The summed E-state index contributed by atoms with van der Waals surface area (Å²) in [5.41, 5.74) is 1.61. The standard InChI is InChI=1S/C12H14BrN3O2S/c1-8-4-5-9(2)10(6-8)19(17,18)15-12-7-11(13)14-16(12)3/h4-7,15H,1-3H3. The molecule has 0 saturated heterocycles. The number of anilines is 1. The van der Waals surface area contributed by atoms with Crippen molar-refractivity contribution in [1.29, 1.82) is 0 Å². The molecule has 2 aromatic rings. The molecule has 0 fully saturated rings. The number of benzene rings is 1. The second-order valence-corrected chi connectivity index (χ2v) is 6.81. The monoisotopic (exact) mass is 343 g/mol. The number of nitrogens with one attached hydrogen (secondary N) is 1. The molecule has 0 amide bonds. The average Bonchev–Trinajstić information content (AvgIpc) is 2.60. The number of aromatic nitrogens is 2. The summed E-state index contributed by atoms with van der Waals surface area (Å²) in [5.74, 6) is 0.410. The lowest BCUT2D eigenvalue weighted by Crippen LogP contribution is -2.16. The minimum atomic E-state index is -3.61. The van der Waals surface area contributed by atoms with Crippen LogP contribution >= 0.6 is 15.9 Å². The normalized spacial score (nSPS) is 11.6. The summed E-state index contributed by atoms with van der Waals surface area (Å²) in [6.45, 7) is 3.63. The topological polar surface area (TPSA) is 64.0 Å². The molecule has 1 aromatic heterocycles. The average molecular weight is 344 g/mol. The molecule has 0 spiro atoms. The summed E-state index contributed by atoms with van der Waals surface area (Å²) >= 11 is 3.21. The Bertz CT molecular complexity index is 723. The van der Waals surface area contributed by atoms with E-state index in [9.17, 15) is 8.42 Å². The van der Waals surface area contributed by atoms with Crippen molar-refractivity contribution < 1.29 is 8.42 Å². The van der Waals surface area contributed by atoms with Crippen molar-refractivity contribution in [3.05, 3.63) is 40.0 Å². The molecule has 0 unspecified atom stereocenters. The van der Waals surface area contributed by atoms with Crippen LogP contribution in [0.1, 0.15) is 11.1 Å². The molecule has 1 N–H and O–H groups in total. The molecule has 0 atom stereocenters. The summed E-state index contributed by atoms with van der Waals surface area (Å²) in [6.07, 6.45) is 0. The Hall–Kier alpha value is -1.34. The van der Waals surface area contributed by atoms with Crippen LogP contribution in [0.2, 0.25) is 0 Å². The van der Waals surface area contributed by atoms with Crippen LogP contribution in [0.3, 0.4) is 0 Å². The molecule has 0 bridgehead atoms. The Morgan fingerprint density at radius 1 is 1.26 bits per heavy atom. The van der Waals surface area contributed by atoms with Gasteiger partial charge in [-0.25, -0.2) is 8.42 Å². The number of hydrogen-bond donors (Lipinski definition) is 1. The van der Waals surface area contributed by atoms with Crippen molar-refractivity contribution in [3.63, 3.8) is 0 Å². The molecule has 0 radical (unpaired) electrons. The number of sulfonamides is 1. The Kier molecular flexibility index (Phi) is 3.69. The van der Waals surface area contributed by atoms with Gasteiger partial charge in [-0.3, -0.25) is 9.40 Å². The van der Waals surface area contributed by atoms with Crippen molar-refractivity contribution in [1.82, 2.24) is 9.78 Å². The highest BCUT2D eigenvalue weighted by atomic mass is 79.9. The summed E-state index contributed by atoms with van der Waals surface area (Å²) in [4.78, 5) is 0.282. The van der Waals surface area contributed by atoms with E-state index >= 15 is 0 Å². The molecule has 1 heterocycles. The molecule has 102 valence electrons. The summed E-state index contributed by atoms with van der Waals surface area (Å²) in [5, 5.41) is 4.04. The molecule has 0 aliphatic rings. The van der Waals surface area contributed by atoms with Crippen molar-refractivity contribution in [2.45, 2.75) is 18.7 Å². The maximum Gasteiger partial charge on any atom is 0.263 e. The van der Waals surface area contributed by atoms with Crippen molar-refractivity contribution in [3.8, 4) is 0 Å². The fourth-order valence-electron chi connectivity index (χ4n) is 1.72. The summed E-state index contributed by atoms with van der Waals surface area (Å²) < 4.78 is 29.3. The van der Waals surface area contributed by atoms with E-state index in [-0.39, 0.29) is 4.90 Å². The van der Waals surface area contributed by atoms with Crippen LogP contribution in [0.15, 0.2) is 33.8 Å². The highest BCUT2D eigenvalue weighted by Crippen LogP contribution is 2.22. The quantitative estimate of drug-likeness (QED) is 0.931. The zero-order chi connectivity index (χ0) is 14.2. The number of halogens is 1. The van der Waals surface area contributed by atoms with Gasteiger partial charge in [-0.2, -0.15) is 5.10 Å². The Labute approximate surface area is 120 Å². The van der Waals surface area contributed by atoms with E-state index in [1.54, 1.807) is 32.2 Å².